The second-order valence-electron chi connectivity index (χ2n) is 4.61. The maximum Gasteiger partial charge on any atom is 0.231 e. The smallest absolute Gasteiger partial charge is 0.231 e. The van der Waals surface area contributed by atoms with Crippen molar-refractivity contribution in [2.24, 2.45) is 11.5 Å². The van der Waals surface area contributed by atoms with Gasteiger partial charge in [-0.25, -0.2) is 0 Å². The first-order chi connectivity index (χ1) is 8.99. The number of hydrogen-bond acceptors (Lipinski definition) is 4. The Hall–Kier alpha value is -1.59. The van der Waals surface area contributed by atoms with Gasteiger partial charge in [-0.15, -0.1) is 0 Å². The van der Waals surface area contributed by atoms with Crippen LogP contribution >= 0.6 is 0 Å². The van der Waals surface area contributed by atoms with E-state index in [0.29, 0.717) is 6.54 Å². The van der Waals surface area contributed by atoms with E-state index >= 15 is 0 Å². The number of methoxy groups -OCH3 is 1. The summed E-state index contributed by atoms with van der Waals surface area (Å²) in [6, 6.07) is 7.58. The fourth-order valence-corrected chi connectivity index (χ4v) is 2.26. The SMILES string of the molecule is CCN(CC(N)=O)C(c1ccc(OC)cc1)C(C)N. The van der Waals surface area contributed by atoms with Crippen LogP contribution in [0.15, 0.2) is 24.3 Å². The quantitative estimate of drug-likeness (QED) is 0.767. The minimum atomic E-state index is -0.346. The zero-order valence-corrected chi connectivity index (χ0v) is 11.8. The van der Waals surface area contributed by atoms with Gasteiger partial charge in [-0.05, 0) is 31.2 Å². The lowest BCUT2D eigenvalue weighted by Gasteiger charge is -2.33. The number of rotatable bonds is 7. The molecule has 0 spiro atoms. The lowest BCUT2D eigenvalue weighted by molar-refractivity contribution is -0.119. The number of nitrogens with zero attached hydrogens (tertiary/aromatic N) is 1. The Morgan fingerprint density at radius 2 is 1.95 bits per heavy atom. The van der Waals surface area contributed by atoms with E-state index in [1.165, 1.54) is 0 Å². The van der Waals surface area contributed by atoms with Gasteiger partial charge < -0.3 is 16.2 Å². The van der Waals surface area contributed by atoms with Gasteiger partial charge in [0.15, 0.2) is 0 Å². The van der Waals surface area contributed by atoms with Crippen molar-refractivity contribution in [1.82, 2.24) is 4.90 Å². The molecular weight excluding hydrogens is 242 g/mol. The standard InChI is InChI=1S/C14H23N3O2/c1-4-17(9-13(16)18)14(10(2)15)11-5-7-12(19-3)8-6-11/h5-8,10,14H,4,9,15H2,1-3H3,(H2,16,18). The summed E-state index contributed by atoms with van der Waals surface area (Å²) in [5.74, 6) is 0.450. The van der Waals surface area contributed by atoms with Gasteiger partial charge in [-0.3, -0.25) is 9.69 Å². The molecule has 2 atom stereocenters. The average molecular weight is 265 g/mol. The maximum absolute atomic E-state index is 11.1. The number of likely N-dealkylation sites (N-methyl/N-ethyl adjacent to an activating group) is 1. The highest BCUT2D eigenvalue weighted by atomic mass is 16.5. The first-order valence-corrected chi connectivity index (χ1v) is 6.41. The van der Waals surface area contributed by atoms with Crippen LogP contribution in [0.3, 0.4) is 0 Å². The number of primary amides is 1. The second-order valence-corrected chi connectivity index (χ2v) is 4.61. The number of hydrogen-bond donors (Lipinski definition) is 2. The van der Waals surface area contributed by atoms with Crippen LogP contribution in [0.5, 0.6) is 5.75 Å². The van der Waals surface area contributed by atoms with Crippen molar-refractivity contribution in [2.45, 2.75) is 25.9 Å². The van der Waals surface area contributed by atoms with Gasteiger partial charge in [0.1, 0.15) is 5.75 Å². The molecule has 0 aliphatic carbocycles. The highest BCUT2D eigenvalue weighted by molar-refractivity contribution is 5.76. The predicted octanol–water partition coefficient (Wildman–Crippen LogP) is 0.891. The average Bonchev–Trinajstić information content (AvgIpc) is 2.37. The first kappa shape index (κ1) is 15.5. The van der Waals surface area contributed by atoms with E-state index in [1.807, 2.05) is 43.0 Å². The van der Waals surface area contributed by atoms with Gasteiger partial charge in [0.05, 0.1) is 19.7 Å². The van der Waals surface area contributed by atoms with Crippen molar-refractivity contribution in [3.63, 3.8) is 0 Å². The monoisotopic (exact) mass is 265 g/mol. The maximum atomic E-state index is 11.1. The molecule has 4 N–H and O–H groups in total. The molecule has 0 aliphatic heterocycles. The second kappa shape index (κ2) is 7.11. The van der Waals surface area contributed by atoms with Crippen LogP contribution in [0, 0.1) is 0 Å². The van der Waals surface area contributed by atoms with Gasteiger partial charge in [0.2, 0.25) is 5.91 Å². The van der Waals surface area contributed by atoms with E-state index in [1.54, 1.807) is 7.11 Å². The molecular formula is C14H23N3O2. The number of nitrogens with two attached hydrogens (primary N) is 2. The van der Waals surface area contributed by atoms with Crippen LogP contribution in [0.2, 0.25) is 0 Å². The Labute approximate surface area is 114 Å². The summed E-state index contributed by atoms with van der Waals surface area (Å²) in [6.07, 6.45) is 0. The van der Waals surface area contributed by atoms with Crippen LogP contribution < -0.4 is 16.2 Å². The Morgan fingerprint density at radius 1 is 1.37 bits per heavy atom. The van der Waals surface area contributed by atoms with E-state index in [9.17, 15) is 4.79 Å². The van der Waals surface area contributed by atoms with Crippen molar-refractivity contribution < 1.29 is 9.53 Å². The summed E-state index contributed by atoms with van der Waals surface area (Å²) in [4.78, 5) is 13.1. The molecule has 0 radical (unpaired) electrons. The van der Waals surface area contributed by atoms with Crippen molar-refractivity contribution in [3.05, 3.63) is 29.8 Å². The molecule has 19 heavy (non-hydrogen) atoms. The molecule has 0 saturated heterocycles. The molecule has 106 valence electrons. The third kappa shape index (κ3) is 4.22. The number of ether oxygens (including phenoxy) is 1. The largest absolute Gasteiger partial charge is 0.497 e. The molecule has 1 amide bonds. The lowest BCUT2D eigenvalue weighted by Crippen LogP contribution is -2.43. The Morgan fingerprint density at radius 3 is 2.32 bits per heavy atom. The van der Waals surface area contributed by atoms with Crippen molar-refractivity contribution >= 4 is 5.91 Å². The Kier molecular flexibility index (Phi) is 5.79. The fourth-order valence-electron chi connectivity index (χ4n) is 2.26. The molecule has 5 nitrogen and oxygen atoms in total. The van der Waals surface area contributed by atoms with E-state index in [2.05, 4.69) is 0 Å². The van der Waals surface area contributed by atoms with Crippen LogP contribution in [-0.4, -0.2) is 37.0 Å². The van der Waals surface area contributed by atoms with Crippen molar-refractivity contribution in [1.29, 1.82) is 0 Å². The van der Waals surface area contributed by atoms with E-state index < -0.39 is 0 Å². The predicted molar refractivity (Wildman–Crippen MR) is 75.8 cm³/mol. The Bertz CT molecular complexity index is 404. The minimum Gasteiger partial charge on any atom is -0.497 e. The third-order valence-electron chi connectivity index (χ3n) is 3.11. The lowest BCUT2D eigenvalue weighted by atomic mass is 9.99. The summed E-state index contributed by atoms with van der Waals surface area (Å²) >= 11 is 0. The van der Waals surface area contributed by atoms with Crippen molar-refractivity contribution in [2.75, 3.05) is 20.2 Å². The summed E-state index contributed by atoms with van der Waals surface area (Å²) in [6.45, 7) is 4.83. The summed E-state index contributed by atoms with van der Waals surface area (Å²) in [7, 11) is 1.63. The van der Waals surface area contributed by atoms with E-state index in [0.717, 1.165) is 11.3 Å². The molecule has 0 fully saturated rings. The molecule has 0 aliphatic rings. The van der Waals surface area contributed by atoms with E-state index in [4.69, 9.17) is 16.2 Å². The van der Waals surface area contributed by atoms with Crippen LogP contribution in [-0.2, 0) is 4.79 Å². The van der Waals surface area contributed by atoms with Gasteiger partial charge in [-0.2, -0.15) is 0 Å². The Balaban J connectivity index is 3.00. The molecule has 0 saturated carbocycles. The molecule has 2 unspecified atom stereocenters. The zero-order chi connectivity index (χ0) is 14.4. The van der Waals surface area contributed by atoms with Gasteiger partial charge in [-0.1, -0.05) is 19.1 Å². The van der Waals surface area contributed by atoms with Crippen LogP contribution in [0.4, 0.5) is 0 Å². The summed E-state index contributed by atoms with van der Waals surface area (Å²) in [5.41, 5.74) is 12.4. The van der Waals surface area contributed by atoms with Crippen molar-refractivity contribution in [3.8, 4) is 5.75 Å². The first-order valence-electron chi connectivity index (χ1n) is 6.41. The van der Waals surface area contributed by atoms with Gasteiger partial charge >= 0.3 is 0 Å². The molecule has 0 aromatic heterocycles. The zero-order valence-electron chi connectivity index (χ0n) is 11.8. The molecule has 1 rings (SSSR count). The number of benzene rings is 1. The van der Waals surface area contributed by atoms with Gasteiger partial charge in [0.25, 0.3) is 0 Å². The molecule has 1 aromatic rings. The number of amides is 1. The minimum absolute atomic E-state index is 0.0385. The molecule has 0 heterocycles. The molecule has 1 aromatic carbocycles. The number of carbonyl (C=O) groups is 1. The van der Waals surface area contributed by atoms with Crippen LogP contribution in [0.1, 0.15) is 25.5 Å². The molecule has 5 heteroatoms. The fraction of sp³-hybridized carbons (Fsp3) is 0.500. The summed E-state index contributed by atoms with van der Waals surface area (Å²) in [5, 5.41) is 0. The van der Waals surface area contributed by atoms with Crippen LogP contribution in [0.25, 0.3) is 0 Å². The third-order valence-corrected chi connectivity index (χ3v) is 3.11. The van der Waals surface area contributed by atoms with E-state index in [-0.39, 0.29) is 24.5 Å². The molecule has 0 bridgehead atoms. The highest BCUT2D eigenvalue weighted by Crippen LogP contribution is 2.25. The number of carbonyl (C=O) groups excluding carboxylic acids is 1. The van der Waals surface area contributed by atoms with Gasteiger partial charge in [0, 0.05) is 6.04 Å². The topological polar surface area (TPSA) is 81.6 Å². The highest BCUT2D eigenvalue weighted by Gasteiger charge is 2.24. The normalized spacial score (nSPS) is 14.2. The summed E-state index contributed by atoms with van der Waals surface area (Å²) < 4.78 is 5.14.